The largest absolute Gasteiger partial charge is 0.418 e. The van der Waals surface area contributed by atoms with Crippen molar-refractivity contribution in [2.24, 2.45) is 4.99 Å². The Morgan fingerprint density at radius 1 is 1.22 bits per heavy atom. The predicted molar refractivity (Wildman–Crippen MR) is 70.5 cm³/mol. The number of rotatable bonds is 2. The molecule has 2 N–H and O–H groups in total. The highest BCUT2D eigenvalue weighted by atomic mass is 32.3. The molecule has 7 nitrogen and oxygen atoms in total. The Morgan fingerprint density at radius 2 is 1.67 bits per heavy atom. The molecule has 0 aromatic carbocycles. The van der Waals surface area contributed by atoms with Crippen molar-refractivity contribution in [1.82, 2.24) is 10.4 Å². The normalized spacial score (nSPS) is 14.6. The van der Waals surface area contributed by atoms with Crippen LogP contribution in [0.2, 0.25) is 0 Å². The fourth-order valence-corrected chi connectivity index (χ4v) is 1.57. The lowest BCUT2D eigenvalue weighted by Gasteiger charge is -2.37. The second kappa shape index (κ2) is 5.41. The first kappa shape index (κ1) is 17.1. The van der Waals surface area contributed by atoms with Crippen molar-refractivity contribution in [3.8, 4) is 0 Å². The molecule has 0 saturated carbocycles. The molecule has 0 unspecified atom stereocenters. The fourth-order valence-electron chi connectivity index (χ4n) is 1.09. The first-order chi connectivity index (χ1) is 7.76. The van der Waals surface area contributed by atoms with E-state index in [4.69, 9.17) is 4.55 Å². The second-order valence-corrected chi connectivity index (χ2v) is 6.89. The Morgan fingerprint density at radius 3 is 1.89 bits per heavy atom. The third kappa shape index (κ3) is 6.77. The van der Waals surface area contributed by atoms with Gasteiger partial charge in [-0.2, -0.15) is 13.5 Å². The van der Waals surface area contributed by atoms with E-state index in [9.17, 15) is 8.42 Å². The van der Waals surface area contributed by atoms with Crippen LogP contribution >= 0.6 is 0 Å². The lowest BCUT2D eigenvalue weighted by molar-refractivity contribution is -0.0622. The van der Waals surface area contributed by atoms with Crippen molar-refractivity contribution in [1.29, 1.82) is 0 Å². The van der Waals surface area contributed by atoms with Crippen LogP contribution in [-0.2, 0) is 14.7 Å². The highest BCUT2D eigenvalue weighted by molar-refractivity contribution is 7.80. The molecule has 0 radical (unpaired) electrons. The molecule has 0 aromatic heterocycles. The molecule has 0 spiro atoms. The summed E-state index contributed by atoms with van der Waals surface area (Å²) in [6.45, 7) is 10.9. The van der Waals surface area contributed by atoms with Crippen LogP contribution in [0.3, 0.4) is 0 Å². The number of nitrogens with zero attached hydrogens (tertiary/aromatic N) is 2. The van der Waals surface area contributed by atoms with Gasteiger partial charge in [0.1, 0.15) is 0 Å². The molecule has 0 aliphatic rings. The summed E-state index contributed by atoms with van der Waals surface area (Å²) in [5.74, 6) is 0.215. The molecule has 0 heterocycles. The molecule has 0 fully saturated rings. The van der Waals surface area contributed by atoms with Gasteiger partial charge in [-0.1, -0.05) is 0 Å². The maximum absolute atomic E-state index is 10.9. The second-order valence-electron chi connectivity index (χ2n) is 5.89. The summed E-state index contributed by atoms with van der Waals surface area (Å²) in [7, 11) is -3.11. The standard InChI is InChI=1S/C10H23N3O4S/c1-9(2,3)12-8(11-7)13(10(4,5)6)17-18(14,15)16/h1-7H3,(H,11,12)(H,14,15,16). The van der Waals surface area contributed by atoms with Crippen LogP contribution in [0.5, 0.6) is 0 Å². The highest BCUT2D eigenvalue weighted by Crippen LogP contribution is 2.17. The van der Waals surface area contributed by atoms with E-state index in [-0.39, 0.29) is 11.5 Å². The molecule has 0 atom stereocenters. The third-order valence-electron chi connectivity index (χ3n) is 1.67. The number of hydroxylamine groups is 2. The van der Waals surface area contributed by atoms with Crippen LogP contribution in [0.25, 0.3) is 0 Å². The van der Waals surface area contributed by atoms with E-state index in [0.717, 1.165) is 5.06 Å². The van der Waals surface area contributed by atoms with Crippen LogP contribution in [0.1, 0.15) is 41.5 Å². The molecule has 0 saturated heterocycles. The molecular weight excluding hydrogens is 258 g/mol. The molecular formula is C10H23N3O4S. The fraction of sp³-hybridized carbons (Fsp3) is 0.900. The van der Waals surface area contributed by atoms with Gasteiger partial charge in [0.15, 0.2) is 0 Å². The summed E-state index contributed by atoms with van der Waals surface area (Å²) in [4.78, 5) is 3.96. The Bertz CT molecular complexity index is 404. The van der Waals surface area contributed by atoms with Crippen LogP contribution in [0.4, 0.5) is 0 Å². The summed E-state index contributed by atoms with van der Waals surface area (Å²) >= 11 is 0. The van der Waals surface area contributed by atoms with E-state index in [1.807, 2.05) is 20.8 Å². The summed E-state index contributed by atoms with van der Waals surface area (Å²) in [5.41, 5.74) is -1.04. The molecule has 0 aromatic rings. The Labute approximate surface area is 109 Å². The van der Waals surface area contributed by atoms with Gasteiger partial charge >= 0.3 is 10.4 Å². The maximum atomic E-state index is 10.9. The molecule has 0 bridgehead atoms. The van der Waals surface area contributed by atoms with Crippen molar-refractivity contribution in [2.75, 3.05) is 7.05 Å². The Balaban J connectivity index is 5.31. The average Bonchev–Trinajstić information content (AvgIpc) is 2.06. The third-order valence-corrected chi connectivity index (χ3v) is 2.01. The smallest absolute Gasteiger partial charge is 0.350 e. The predicted octanol–water partition coefficient (Wildman–Crippen LogP) is 1.20. The first-order valence-corrected chi connectivity index (χ1v) is 6.85. The van der Waals surface area contributed by atoms with Gasteiger partial charge < -0.3 is 5.32 Å². The number of hydrogen-bond acceptors (Lipinski definition) is 4. The molecule has 8 heteroatoms. The summed E-state index contributed by atoms with van der Waals surface area (Å²) in [6.07, 6.45) is 0. The van der Waals surface area contributed by atoms with Gasteiger partial charge in [-0.05, 0) is 41.5 Å². The quantitative estimate of drug-likeness (QED) is 0.342. The van der Waals surface area contributed by atoms with Gasteiger partial charge in [-0.3, -0.25) is 9.55 Å². The van der Waals surface area contributed by atoms with Crippen molar-refractivity contribution in [3.63, 3.8) is 0 Å². The van der Waals surface area contributed by atoms with E-state index in [2.05, 4.69) is 14.6 Å². The van der Waals surface area contributed by atoms with Crippen molar-refractivity contribution in [2.45, 2.75) is 52.6 Å². The molecule has 108 valence electrons. The molecule has 0 aliphatic heterocycles. The van der Waals surface area contributed by atoms with Gasteiger partial charge in [-0.25, -0.2) is 0 Å². The zero-order chi connectivity index (χ0) is 14.8. The van der Waals surface area contributed by atoms with Gasteiger partial charge in [-0.15, -0.1) is 4.28 Å². The minimum absolute atomic E-state index is 0.215. The number of hydrogen-bond donors (Lipinski definition) is 2. The maximum Gasteiger partial charge on any atom is 0.418 e. The SMILES string of the molecule is CN=C(NC(C)(C)C)N(OS(=O)(=O)O)C(C)(C)C. The zero-order valence-corrected chi connectivity index (χ0v) is 12.8. The van der Waals surface area contributed by atoms with Crippen molar-refractivity contribution < 1.29 is 17.3 Å². The average molecular weight is 281 g/mol. The highest BCUT2D eigenvalue weighted by Gasteiger charge is 2.32. The summed E-state index contributed by atoms with van der Waals surface area (Å²) < 4.78 is 35.2. The topological polar surface area (TPSA) is 91.2 Å². The lowest BCUT2D eigenvalue weighted by Crippen LogP contribution is -2.56. The molecule has 0 aliphatic carbocycles. The Hall–Kier alpha value is -0.860. The van der Waals surface area contributed by atoms with E-state index in [1.54, 1.807) is 20.8 Å². The van der Waals surface area contributed by atoms with Gasteiger partial charge in [0, 0.05) is 12.6 Å². The minimum Gasteiger partial charge on any atom is -0.350 e. The number of guanidine groups is 1. The van der Waals surface area contributed by atoms with E-state index >= 15 is 0 Å². The van der Waals surface area contributed by atoms with E-state index < -0.39 is 15.9 Å². The molecule has 0 amide bonds. The van der Waals surface area contributed by atoms with Gasteiger partial charge in [0.05, 0.1) is 5.54 Å². The zero-order valence-electron chi connectivity index (χ0n) is 12.0. The van der Waals surface area contributed by atoms with E-state index in [0.29, 0.717) is 0 Å². The van der Waals surface area contributed by atoms with Crippen LogP contribution < -0.4 is 5.32 Å². The number of nitrogens with one attached hydrogen (secondary N) is 1. The van der Waals surface area contributed by atoms with Crippen molar-refractivity contribution in [3.05, 3.63) is 0 Å². The first-order valence-electron chi connectivity index (χ1n) is 5.48. The number of aliphatic imine (C=N–C) groups is 1. The van der Waals surface area contributed by atoms with Gasteiger partial charge in [0.2, 0.25) is 5.96 Å². The van der Waals surface area contributed by atoms with Crippen LogP contribution in [-0.4, -0.2) is 42.1 Å². The van der Waals surface area contributed by atoms with Crippen LogP contribution in [0, 0.1) is 0 Å². The minimum atomic E-state index is -4.61. The molecule has 18 heavy (non-hydrogen) atoms. The van der Waals surface area contributed by atoms with Crippen LogP contribution in [0.15, 0.2) is 4.99 Å². The van der Waals surface area contributed by atoms with Crippen molar-refractivity contribution >= 4 is 16.4 Å². The van der Waals surface area contributed by atoms with E-state index in [1.165, 1.54) is 7.05 Å². The Kier molecular flexibility index (Phi) is 5.16. The lowest BCUT2D eigenvalue weighted by atomic mass is 10.1. The molecule has 0 rings (SSSR count). The summed E-state index contributed by atoms with van der Waals surface area (Å²) in [6, 6.07) is 0. The summed E-state index contributed by atoms with van der Waals surface area (Å²) in [5, 5.41) is 4.03. The monoisotopic (exact) mass is 281 g/mol. The van der Waals surface area contributed by atoms with Gasteiger partial charge in [0.25, 0.3) is 0 Å².